The van der Waals surface area contributed by atoms with Crippen molar-refractivity contribution in [3.63, 3.8) is 0 Å². The summed E-state index contributed by atoms with van der Waals surface area (Å²) in [7, 11) is 0. The van der Waals surface area contributed by atoms with Crippen molar-refractivity contribution < 1.29 is 9.53 Å². The molecule has 0 atom stereocenters. The number of hydrogen-bond acceptors (Lipinski definition) is 4. The van der Waals surface area contributed by atoms with Gasteiger partial charge in [-0.2, -0.15) is 0 Å². The highest BCUT2D eigenvalue weighted by molar-refractivity contribution is 8.00. The quantitative estimate of drug-likeness (QED) is 0.752. The lowest BCUT2D eigenvalue weighted by Gasteiger charge is -2.31. The predicted octanol–water partition coefficient (Wildman–Crippen LogP) is 5.29. The van der Waals surface area contributed by atoms with Gasteiger partial charge in [0.05, 0.1) is 0 Å². The van der Waals surface area contributed by atoms with Crippen LogP contribution in [-0.2, 0) is 5.54 Å². The van der Waals surface area contributed by atoms with E-state index in [0.29, 0.717) is 29.1 Å². The summed E-state index contributed by atoms with van der Waals surface area (Å²) in [6, 6.07) is 15.3. The lowest BCUT2D eigenvalue weighted by molar-refractivity contribution is 0.143. The number of carbonyl (C=O) groups excluding carboxylic acids is 1. The summed E-state index contributed by atoms with van der Waals surface area (Å²) < 4.78 is 5.42. The van der Waals surface area contributed by atoms with E-state index in [1.54, 1.807) is 29.2 Å². The van der Waals surface area contributed by atoms with E-state index in [2.05, 4.69) is 24.3 Å². The summed E-state index contributed by atoms with van der Waals surface area (Å²) in [5, 5.41) is 1.12. The fraction of sp³-hybridized carbons (Fsp3) is 0.381. The van der Waals surface area contributed by atoms with Gasteiger partial charge in [0.15, 0.2) is 0 Å². The average Bonchev–Trinajstić information content (AvgIpc) is 2.64. The third-order valence-corrected chi connectivity index (χ3v) is 6.22. The summed E-state index contributed by atoms with van der Waals surface area (Å²) in [4.78, 5) is 15.3. The van der Waals surface area contributed by atoms with Crippen LogP contribution >= 0.6 is 23.4 Å². The molecule has 1 aliphatic heterocycles. The van der Waals surface area contributed by atoms with Gasteiger partial charge in [-0.05, 0) is 68.7 Å². The largest absolute Gasteiger partial charge is 0.415 e. The first kappa shape index (κ1) is 20.1. The van der Waals surface area contributed by atoms with E-state index in [4.69, 9.17) is 22.1 Å². The third kappa shape index (κ3) is 5.64. The van der Waals surface area contributed by atoms with Crippen molar-refractivity contribution in [3.8, 4) is 5.75 Å². The van der Waals surface area contributed by atoms with Gasteiger partial charge in [0.1, 0.15) is 5.75 Å². The Hall–Kier alpha value is -1.69. The number of hydrogen-bond donors (Lipinski definition) is 1. The Kier molecular flexibility index (Phi) is 6.35. The van der Waals surface area contributed by atoms with Crippen molar-refractivity contribution in [2.75, 3.05) is 13.1 Å². The number of carbonyl (C=O) groups is 1. The lowest BCUT2D eigenvalue weighted by Crippen LogP contribution is -2.40. The molecule has 1 amide bonds. The van der Waals surface area contributed by atoms with Gasteiger partial charge >= 0.3 is 6.09 Å². The third-order valence-electron chi connectivity index (χ3n) is 4.62. The molecule has 2 N–H and O–H groups in total. The number of amides is 1. The molecule has 1 saturated heterocycles. The predicted molar refractivity (Wildman–Crippen MR) is 112 cm³/mol. The zero-order valence-corrected chi connectivity index (χ0v) is 17.2. The molecule has 1 aliphatic rings. The zero-order valence-electron chi connectivity index (χ0n) is 15.7. The summed E-state index contributed by atoms with van der Waals surface area (Å²) in [6.07, 6.45) is 1.60. The number of halogens is 1. The van der Waals surface area contributed by atoms with Gasteiger partial charge in [0.2, 0.25) is 0 Å². The standard InChI is InChI=1S/C21H25ClN2O2S/c1-21(2,23)15-3-9-18(10-4-15)27-19-11-13-24(14-12-19)20(25)26-17-7-5-16(22)6-8-17/h3-10,19H,11-14,23H2,1-2H3. The summed E-state index contributed by atoms with van der Waals surface area (Å²) in [6.45, 7) is 5.43. The minimum atomic E-state index is -0.320. The minimum absolute atomic E-state index is 0.296. The van der Waals surface area contributed by atoms with Crippen LogP contribution in [0.1, 0.15) is 32.3 Å². The van der Waals surface area contributed by atoms with Crippen molar-refractivity contribution in [2.24, 2.45) is 5.73 Å². The van der Waals surface area contributed by atoms with Gasteiger partial charge in [-0.3, -0.25) is 0 Å². The first-order chi connectivity index (χ1) is 12.8. The smallest absolute Gasteiger partial charge is 0.410 e. The maximum absolute atomic E-state index is 12.3. The van der Waals surface area contributed by atoms with Crippen LogP contribution in [0.2, 0.25) is 5.02 Å². The number of piperidine rings is 1. The minimum Gasteiger partial charge on any atom is -0.410 e. The molecule has 0 radical (unpaired) electrons. The molecule has 0 saturated carbocycles. The first-order valence-electron chi connectivity index (χ1n) is 9.10. The molecule has 1 heterocycles. The summed E-state index contributed by atoms with van der Waals surface area (Å²) in [5.41, 5.74) is 6.95. The second-order valence-electron chi connectivity index (χ2n) is 7.37. The van der Waals surface area contributed by atoms with Crippen LogP contribution in [0, 0.1) is 0 Å². The molecule has 4 nitrogen and oxygen atoms in total. The van der Waals surface area contributed by atoms with Crippen LogP contribution < -0.4 is 10.5 Å². The molecule has 0 aromatic heterocycles. The van der Waals surface area contributed by atoms with Crippen molar-refractivity contribution >= 4 is 29.5 Å². The van der Waals surface area contributed by atoms with Gasteiger partial charge in [0, 0.05) is 33.8 Å². The van der Waals surface area contributed by atoms with Crippen molar-refractivity contribution in [3.05, 3.63) is 59.1 Å². The first-order valence-corrected chi connectivity index (χ1v) is 10.4. The highest BCUT2D eigenvalue weighted by atomic mass is 35.5. The Bertz CT molecular complexity index is 764. The molecule has 0 aliphatic carbocycles. The lowest BCUT2D eigenvalue weighted by atomic mass is 9.96. The number of nitrogens with zero attached hydrogens (tertiary/aromatic N) is 1. The van der Waals surface area contributed by atoms with Crippen molar-refractivity contribution in [1.29, 1.82) is 0 Å². The van der Waals surface area contributed by atoms with Crippen molar-refractivity contribution in [1.82, 2.24) is 4.90 Å². The number of rotatable bonds is 4. The van der Waals surface area contributed by atoms with E-state index in [-0.39, 0.29) is 11.6 Å². The van der Waals surface area contributed by atoms with Crippen LogP contribution in [0.25, 0.3) is 0 Å². The van der Waals surface area contributed by atoms with E-state index in [9.17, 15) is 4.79 Å². The molecule has 0 spiro atoms. The van der Waals surface area contributed by atoms with Crippen molar-refractivity contribution in [2.45, 2.75) is 42.4 Å². The monoisotopic (exact) mass is 404 g/mol. The molecule has 6 heteroatoms. The summed E-state index contributed by atoms with van der Waals surface area (Å²) >= 11 is 7.72. The number of likely N-dealkylation sites (tertiary alicyclic amines) is 1. The fourth-order valence-corrected chi connectivity index (χ4v) is 4.23. The zero-order chi connectivity index (χ0) is 19.4. The second-order valence-corrected chi connectivity index (χ2v) is 9.18. The van der Waals surface area contributed by atoms with Gasteiger partial charge in [-0.25, -0.2) is 4.79 Å². The van der Waals surface area contributed by atoms with Crippen LogP contribution in [0.3, 0.4) is 0 Å². The summed E-state index contributed by atoms with van der Waals surface area (Å²) in [5.74, 6) is 0.517. The Morgan fingerprint density at radius 1 is 1.11 bits per heavy atom. The molecule has 1 fully saturated rings. The van der Waals surface area contributed by atoms with Gasteiger partial charge in [-0.1, -0.05) is 23.7 Å². The number of ether oxygens (including phenoxy) is 1. The fourth-order valence-electron chi connectivity index (χ4n) is 2.98. The molecule has 144 valence electrons. The van der Waals surface area contributed by atoms with E-state index < -0.39 is 0 Å². The van der Waals surface area contributed by atoms with E-state index in [0.717, 1.165) is 18.4 Å². The number of benzene rings is 2. The highest BCUT2D eigenvalue weighted by Gasteiger charge is 2.25. The van der Waals surface area contributed by atoms with Gasteiger partial charge in [-0.15, -0.1) is 11.8 Å². The SMILES string of the molecule is CC(C)(N)c1ccc(SC2CCN(C(=O)Oc3ccc(Cl)cc3)CC2)cc1. The van der Waals surface area contributed by atoms with E-state index in [1.807, 2.05) is 25.6 Å². The average molecular weight is 405 g/mol. The highest BCUT2D eigenvalue weighted by Crippen LogP contribution is 2.31. The van der Waals surface area contributed by atoms with Crippen LogP contribution in [0.5, 0.6) is 5.75 Å². The normalized spacial score (nSPS) is 15.6. The topological polar surface area (TPSA) is 55.6 Å². The molecular weight excluding hydrogens is 380 g/mol. The maximum atomic E-state index is 12.3. The van der Waals surface area contributed by atoms with E-state index >= 15 is 0 Å². The Balaban J connectivity index is 1.48. The number of nitrogens with two attached hydrogens (primary N) is 1. The molecule has 3 rings (SSSR count). The molecular formula is C21H25ClN2O2S. The van der Waals surface area contributed by atoms with Gasteiger partial charge < -0.3 is 15.4 Å². The Morgan fingerprint density at radius 3 is 2.26 bits per heavy atom. The second kappa shape index (κ2) is 8.55. The Labute approximate surface area is 170 Å². The van der Waals surface area contributed by atoms with Crippen LogP contribution in [0.4, 0.5) is 4.79 Å². The molecule has 27 heavy (non-hydrogen) atoms. The van der Waals surface area contributed by atoms with Gasteiger partial charge in [0.25, 0.3) is 0 Å². The maximum Gasteiger partial charge on any atom is 0.415 e. The number of thioether (sulfide) groups is 1. The molecule has 2 aromatic carbocycles. The van der Waals surface area contributed by atoms with Crippen LogP contribution in [0.15, 0.2) is 53.4 Å². The molecule has 0 bridgehead atoms. The molecule has 2 aromatic rings. The van der Waals surface area contributed by atoms with E-state index in [1.165, 1.54) is 4.90 Å². The molecule has 0 unspecified atom stereocenters. The Morgan fingerprint density at radius 2 is 1.70 bits per heavy atom. The van der Waals surface area contributed by atoms with Crippen LogP contribution in [-0.4, -0.2) is 29.3 Å².